The number of carbonyl (C=O) groups excluding carboxylic acids is 1. The molecule has 1 amide bonds. The fourth-order valence-electron chi connectivity index (χ4n) is 1.18. The van der Waals surface area contributed by atoms with Crippen LogP contribution < -0.4 is 5.32 Å². The first-order valence-electron chi connectivity index (χ1n) is 5.36. The topological polar surface area (TPSA) is 66.4 Å². The second-order valence-corrected chi connectivity index (χ2v) is 4.56. The van der Waals surface area contributed by atoms with E-state index < -0.39 is 12.0 Å². The molecule has 4 nitrogen and oxygen atoms in total. The number of rotatable bonds is 6. The summed E-state index contributed by atoms with van der Waals surface area (Å²) in [4.78, 5) is 22.2. The highest BCUT2D eigenvalue weighted by Gasteiger charge is 2.22. The Morgan fingerprint density at radius 2 is 1.73 bits per heavy atom. The third kappa shape index (κ3) is 6.10. The van der Waals surface area contributed by atoms with E-state index in [1.165, 1.54) is 0 Å². The molecular formula is C11H21NO3. The quantitative estimate of drug-likeness (QED) is 0.708. The summed E-state index contributed by atoms with van der Waals surface area (Å²) in [6.07, 6.45) is 1.18. The summed E-state index contributed by atoms with van der Waals surface area (Å²) in [6.45, 7) is 7.62. The molecule has 0 aromatic carbocycles. The summed E-state index contributed by atoms with van der Waals surface area (Å²) in [7, 11) is 0. The Kier molecular flexibility index (Phi) is 5.97. The first-order valence-corrected chi connectivity index (χ1v) is 5.36. The molecule has 1 atom stereocenters. The van der Waals surface area contributed by atoms with Gasteiger partial charge in [0.25, 0.3) is 0 Å². The van der Waals surface area contributed by atoms with Crippen LogP contribution in [0.2, 0.25) is 0 Å². The smallest absolute Gasteiger partial charge is 0.326 e. The summed E-state index contributed by atoms with van der Waals surface area (Å²) >= 11 is 0. The molecule has 0 saturated carbocycles. The first kappa shape index (κ1) is 13.9. The number of aliphatic carboxylic acids is 1. The molecule has 2 N–H and O–H groups in total. The predicted octanol–water partition coefficient (Wildman–Crippen LogP) is 1.65. The Labute approximate surface area is 91.1 Å². The molecular weight excluding hydrogens is 194 g/mol. The van der Waals surface area contributed by atoms with Crippen LogP contribution in [-0.2, 0) is 9.59 Å². The van der Waals surface area contributed by atoms with Crippen LogP contribution in [0.15, 0.2) is 0 Å². The Balaban J connectivity index is 4.07. The minimum Gasteiger partial charge on any atom is -0.480 e. The summed E-state index contributed by atoms with van der Waals surface area (Å²) in [6, 6.07) is -0.773. The normalized spacial score (nSPS) is 12.9. The lowest BCUT2D eigenvalue weighted by Gasteiger charge is -2.18. The number of hydrogen-bond donors (Lipinski definition) is 2. The largest absolute Gasteiger partial charge is 0.480 e. The summed E-state index contributed by atoms with van der Waals surface area (Å²) in [5, 5.41) is 11.4. The molecule has 0 heterocycles. The van der Waals surface area contributed by atoms with Crippen LogP contribution in [0.1, 0.15) is 40.5 Å². The minimum absolute atomic E-state index is 0.0921. The molecule has 1 unspecified atom stereocenters. The maximum Gasteiger partial charge on any atom is 0.326 e. The van der Waals surface area contributed by atoms with Crippen molar-refractivity contribution < 1.29 is 14.7 Å². The number of nitrogens with one attached hydrogen (secondary N) is 1. The second kappa shape index (κ2) is 6.43. The SMILES string of the molecule is CC(C)CCC(=O)NC(C(=O)O)C(C)C. The third-order valence-corrected chi connectivity index (χ3v) is 2.20. The number of hydrogen-bond acceptors (Lipinski definition) is 2. The molecule has 0 aliphatic rings. The van der Waals surface area contributed by atoms with Gasteiger partial charge in [0.15, 0.2) is 0 Å². The standard InChI is InChI=1S/C11H21NO3/c1-7(2)5-6-9(13)12-10(8(3)4)11(14)15/h7-8,10H,5-6H2,1-4H3,(H,12,13)(H,14,15). The molecule has 0 bridgehead atoms. The maximum absolute atomic E-state index is 11.4. The monoisotopic (exact) mass is 215 g/mol. The van der Waals surface area contributed by atoms with Gasteiger partial charge in [-0.25, -0.2) is 4.79 Å². The highest BCUT2D eigenvalue weighted by molar-refractivity contribution is 5.83. The fourth-order valence-corrected chi connectivity index (χ4v) is 1.18. The van der Waals surface area contributed by atoms with Gasteiger partial charge in [-0.1, -0.05) is 27.7 Å². The van der Waals surface area contributed by atoms with E-state index in [2.05, 4.69) is 5.32 Å². The second-order valence-electron chi connectivity index (χ2n) is 4.56. The minimum atomic E-state index is -0.970. The van der Waals surface area contributed by atoms with Crippen molar-refractivity contribution in [2.45, 2.75) is 46.6 Å². The van der Waals surface area contributed by atoms with Crippen LogP contribution in [0.25, 0.3) is 0 Å². The summed E-state index contributed by atoms with van der Waals surface area (Å²) in [5.74, 6) is -0.781. The van der Waals surface area contributed by atoms with E-state index in [9.17, 15) is 9.59 Å². The van der Waals surface area contributed by atoms with Crippen molar-refractivity contribution in [3.8, 4) is 0 Å². The number of carbonyl (C=O) groups is 2. The molecule has 0 aliphatic carbocycles. The third-order valence-electron chi connectivity index (χ3n) is 2.20. The molecule has 88 valence electrons. The summed E-state index contributed by atoms with van der Waals surface area (Å²) < 4.78 is 0. The van der Waals surface area contributed by atoms with E-state index >= 15 is 0 Å². The lowest BCUT2D eigenvalue weighted by molar-refractivity contribution is -0.143. The molecule has 0 aromatic rings. The van der Waals surface area contributed by atoms with Gasteiger partial charge in [0.2, 0.25) is 5.91 Å². The highest BCUT2D eigenvalue weighted by atomic mass is 16.4. The van der Waals surface area contributed by atoms with Crippen LogP contribution in [-0.4, -0.2) is 23.0 Å². The Morgan fingerprint density at radius 1 is 1.20 bits per heavy atom. The molecule has 0 radical (unpaired) electrons. The van der Waals surface area contributed by atoms with Crippen molar-refractivity contribution in [3.05, 3.63) is 0 Å². The van der Waals surface area contributed by atoms with Gasteiger partial charge in [0.1, 0.15) is 6.04 Å². The lowest BCUT2D eigenvalue weighted by Crippen LogP contribution is -2.44. The van der Waals surface area contributed by atoms with E-state index in [4.69, 9.17) is 5.11 Å². The van der Waals surface area contributed by atoms with Crippen LogP contribution in [0, 0.1) is 11.8 Å². The van der Waals surface area contributed by atoms with Crippen LogP contribution in [0.5, 0.6) is 0 Å². The van der Waals surface area contributed by atoms with E-state index in [1.807, 2.05) is 13.8 Å². The fraction of sp³-hybridized carbons (Fsp3) is 0.818. The molecule has 4 heteroatoms. The number of amides is 1. The van der Waals surface area contributed by atoms with E-state index in [-0.39, 0.29) is 11.8 Å². The van der Waals surface area contributed by atoms with Gasteiger partial charge in [0.05, 0.1) is 0 Å². The van der Waals surface area contributed by atoms with Crippen LogP contribution in [0.3, 0.4) is 0 Å². The zero-order valence-corrected chi connectivity index (χ0v) is 9.91. The molecule has 15 heavy (non-hydrogen) atoms. The molecule has 0 saturated heterocycles. The van der Waals surface area contributed by atoms with Crippen molar-refractivity contribution in [1.82, 2.24) is 5.32 Å². The lowest BCUT2D eigenvalue weighted by atomic mass is 10.0. The zero-order valence-electron chi connectivity index (χ0n) is 9.91. The van der Waals surface area contributed by atoms with Gasteiger partial charge in [-0.3, -0.25) is 4.79 Å². The van der Waals surface area contributed by atoms with Gasteiger partial charge in [-0.2, -0.15) is 0 Å². The van der Waals surface area contributed by atoms with Crippen molar-refractivity contribution in [2.24, 2.45) is 11.8 Å². The zero-order chi connectivity index (χ0) is 12.0. The molecule has 0 aliphatic heterocycles. The average molecular weight is 215 g/mol. The highest BCUT2D eigenvalue weighted by Crippen LogP contribution is 2.06. The van der Waals surface area contributed by atoms with Crippen molar-refractivity contribution >= 4 is 11.9 Å². The van der Waals surface area contributed by atoms with Gasteiger partial charge in [0, 0.05) is 6.42 Å². The average Bonchev–Trinajstić information content (AvgIpc) is 2.09. The van der Waals surface area contributed by atoms with Crippen molar-refractivity contribution in [3.63, 3.8) is 0 Å². The van der Waals surface area contributed by atoms with Crippen molar-refractivity contribution in [1.29, 1.82) is 0 Å². The maximum atomic E-state index is 11.4. The Bertz CT molecular complexity index is 224. The van der Waals surface area contributed by atoms with Gasteiger partial charge in [-0.15, -0.1) is 0 Å². The summed E-state index contributed by atoms with van der Waals surface area (Å²) in [5.41, 5.74) is 0. The molecule has 0 spiro atoms. The van der Waals surface area contributed by atoms with E-state index in [1.54, 1.807) is 13.8 Å². The van der Waals surface area contributed by atoms with Crippen molar-refractivity contribution in [2.75, 3.05) is 0 Å². The van der Waals surface area contributed by atoms with Crippen LogP contribution in [0.4, 0.5) is 0 Å². The first-order chi connectivity index (χ1) is 6.84. The van der Waals surface area contributed by atoms with Crippen LogP contribution >= 0.6 is 0 Å². The molecule has 0 fully saturated rings. The molecule has 0 aromatic heterocycles. The predicted molar refractivity (Wildman–Crippen MR) is 58.5 cm³/mol. The van der Waals surface area contributed by atoms with Gasteiger partial charge < -0.3 is 10.4 Å². The Morgan fingerprint density at radius 3 is 2.07 bits per heavy atom. The van der Waals surface area contributed by atoms with E-state index in [0.29, 0.717) is 12.3 Å². The Hall–Kier alpha value is -1.06. The van der Waals surface area contributed by atoms with E-state index in [0.717, 1.165) is 6.42 Å². The number of carboxylic acids is 1. The van der Waals surface area contributed by atoms with Gasteiger partial charge >= 0.3 is 5.97 Å². The number of carboxylic acid groups (broad SMARTS) is 1. The van der Waals surface area contributed by atoms with Gasteiger partial charge in [-0.05, 0) is 18.3 Å². The molecule has 0 rings (SSSR count).